The van der Waals surface area contributed by atoms with Crippen LogP contribution in [-0.4, -0.2) is 23.0 Å². The van der Waals surface area contributed by atoms with Gasteiger partial charge in [0.15, 0.2) is 5.69 Å². The Morgan fingerprint density at radius 2 is 1.86 bits per heavy atom. The maximum absolute atomic E-state index is 12.1. The summed E-state index contributed by atoms with van der Waals surface area (Å²) >= 11 is 0. The summed E-state index contributed by atoms with van der Waals surface area (Å²) in [6, 6.07) is 8.07. The molecule has 3 rings (SSSR count). The van der Waals surface area contributed by atoms with Crippen LogP contribution in [-0.2, 0) is 4.74 Å². The van der Waals surface area contributed by atoms with Gasteiger partial charge in [0.25, 0.3) is 0 Å². The quantitative estimate of drug-likeness (QED) is 0.863. The van der Waals surface area contributed by atoms with Crippen molar-refractivity contribution < 1.29 is 9.53 Å². The van der Waals surface area contributed by atoms with Crippen LogP contribution >= 0.6 is 0 Å². The normalized spacial score (nSPS) is 15.7. The van der Waals surface area contributed by atoms with E-state index in [0.717, 1.165) is 24.2 Å². The summed E-state index contributed by atoms with van der Waals surface area (Å²) < 4.78 is 4.91. The second-order valence-corrected chi connectivity index (χ2v) is 6.04. The topological polar surface area (TPSA) is 55.0 Å². The molecule has 2 aromatic rings. The van der Waals surface area contributed by atoms with Crippen molar-refractivity contribution in [1.82, 2.24) is 9.97 Å². The van der Waals surface area contributed by atoms with Gasteiger partial charge in [0.05, 0.1) is 7.11 Å². The number of rotatable bonds is 3. The number of esters is 1. The van der Waals surface area contributed by atoms with Crippen molar-refractivity contribution in [3.63, 3.8) is 0 Å². The second-order valence-electron chi connectivity index (χ2n) is 6.04. The Kier molecular flexibility index (Phi) is 4.27. The number of imidazole rings is 1. The van der Waals surface area contributed by atoms with Crippen LogP contribution in [0.1, 0.15) is 59.9 Å². The summed E-state index contributed by atoms with van der Waals surface area (Å²) in [6.07, 6.45) is 6.05. The summed E-state index contributed by atoms with van der Waals surface area (Å²) in [6.45, 7) is 2.04. The molecule has 0 aliphatic heterocycles. The van der Waals surface area contributed by atoms with Crippen LogP contribution in [0.2, 0.25) is 0 Å². The lowest BCUT2D eigenvalue weighted by Crippen LogP contribution is -2.07. The van der Waals surface area contributed by atoms with Gasteiger partial charge < -0.3 is 9.72 Å². The third kappa shape index (κ3) is 2.91. The van der Waals surface area contributed by atoms with Gasteiger partial charge in [0.1, 0.15) is 11.5 Å². The molecular formula is C18H22N2O2. The fourth-order valence-electron chi connectivity index (χ4n) is 3.13. The third-order valence-corrected chi connectivity index (χ3v) is 4.43. The van der Waals surface area contributed by atoms with Gasteiger partial charge >= 0.3 is 5.97 Å². The molecule has 4 nitrogen and oxygen atoms in total. The van der Waals surface area contributed by atoms with Crippen LogP contribution in [0.5, 0.6) is 0 Å². The number of methoxy groups -OCH3 is 1. The smallest absolute Gasteiger partial charge is 0.356 e. The van der Waals surface area contributed by atoms with E-state index in [-0.39, 0.29) is 5.97 Å². The molecule has 0 unspecified atom stereocenters. The van der Waals surface area contributed by atoms with E-state index in [4.69, 9.17) is 9.72 Å². The molecular weight excluding hydrogens is 276 g/mol. The Balaban J connectivity index is 2.01. The molecule has 0 spiro atoms. The highest BCUT2D eigenvalue weighted by molar-refractivity contribution is 5.94. The van der Waals surface area contributed by atoms with E-state index in [1.54, 1.807) is 0 Å². The van der Waals surface area contributed by atoms with Gasteiger partial charge in [0, 0.05) is 11.5 Å². The number of H-pyrrole nitrogens is 1. The summed E-state index contributed by atoms with van der Waals surface area (Å²) in [5.74, 6) is 0.997. The van der Waals surface area contributed by atoms with E-state index < -0.39 is 0 Å². The van der Waals surface area contributed by atoms with E-state index in [1.165, 1.54) is 31.9 Å². The maximum atomic E-state index is 12.1. The number of carbonyl (C=O) groups is 1. The van der Waals surface area contributed by atoms with E-state index in [0.29, 0.717) is 17.3 Å². The van der Waals surface area contributed by atoms with Crippen molar-refractivity contribution in [2.45, 2.75) is 44.9 Å². The van der Waals surface area contributed by atoms with Crippen LogP contribution in [0, 0.1) is 6.92 Å². The molecule has 0 radical (unpaired) electrons. The van der Waals surface area contributed by atoms with Crippen LogP contribution in [0.25, 0.3) is 11.3 Å². The first-order chi connectivity index (χ1) is 10.7. The number of nitrogens with one attached hydrogen (secondary N) is 1. The van der Waals surface area contributed by atoms with Gasteiger partial charge in [-0.3, -0.25) is 0 Å². The molecule has 116 valence electrons. The molecule has 22 heavy (non-hydrogen) atoms. The summed E-state index contributed by atoms with van der Waals surface area (Å²) in [5.41, 5.74) is 3.30. The Morgan fingerprint density at radius 1 is 1.18 bits per heavy atom. The van der Waals surface area contributed by atoms with Gasteiger partial charge in [-0.25, -0.2) is 9.78 Å². The highest BCUT2D eigenvalue weighted by atomic mass is 16.5. The van der Waals surface area contributed by atoms with Crippen LogP contribution in [0.15, 0.2) is 24.3 Å². The zero-order chi connectivity index (χ0) is 15.5. The minimum absolute atomic E-state index is 0.356. The van der Waals surface area contributed by atoms with Crippen LogP contribution in [0.3, 0.4) is 0 Å². The van der Waals surface area contributed by atoms with Crippen LogP contribution < -0.4 is 0 Å². The van der Waals surface area contributed by atoms with Gasteiger partial charge in [0.2, 0.25) is 0 Å². The number of carbonyl (C=O) groups excluding carboxylic acids is 1. The summed E-state index contributed by atoms with van der Waals surface area (Å²) in [4.78, 5) is 20.1. The molecule has 4 heteroatoms. The molecule has 1 saturated carbocycles. The number of aryl methyl sites for hydroxylation is 1. The number of nitrogens with zero attached hydrogens (tertiary/aromatic N) is 1. The van der Waals surface area contributed by atoms with Gasteiger partial charge in [-0.1, -0.05) is 49.1 Å². The minimum atomic E-state index is -0.356. The van der Waals surface area contributed by atoms with Gasteiger partial charge in [-0.2, -0.15) is 0 Å². The molecule has 1 fully saturated rings. The molecule has 1 aliphatic carbocycles. The van der Waals surface area contributed by atoms with Crippen molar-refractivity contribution in [1.29, 1.82) is 0 Å². The maximum Gasteiger partial charge on any atom is 0.356 e. The average Bonchev–Trinajstić information content (AvgIpc) is 3.01. The average molecular weight is 298 g/mol. The summed E-state index contributed by atoms with van der Waals surface area (Å²) in [5, 5.41) is 0. The van der Waals surface area contributed by atoms with Crippen molar-refractivity contribution in [2.75, 3.05) is 7.11 Å². The first-order valence-electron chi connectivity index (χ1n) is 7.94. The van der Waals surface area contributed by atoms with E-state index >= 15 is 0 Å². The zero-order valence-corrected chi connectivity index (χ0v) is 13.2. The van der Waals surface area contributed by atoms with E-state index in [1.807, 2.05) is 31.2 Å². The summed E-state index contributed by atoms with van der Waals surface area (Å²) in [7, 11) is 1.41. The minimum Gasteiger partial charge on any atom is -0.464 e. The third-order valence-electron chi connectivity index (χ3n) is 4.43. The number of ether oxygens (including phenoxy) is 1. The SMILES string of the molecule is COC(=O)c1[nH]c(C2CCCCC2)nc1-c1ccc(C)cc1. The van der Waals surface area contributed by atoms with Gasteiger partial charge in [-0.05, 0) is 19.8 Å². The molecule has 1 aromatic heterocycles. The molecule has 0 atom stereocenters. The number of benzene rings is 1. The molecule has 1 heterocycles. The molecule has 0 amide bonds. The van der Waals surface area contributed by atoms with Crippen molar-refractivity contribution in [3.05, 3.63) is 41.3 Å². The predicted octanol–water partition coefficient (Wildman–Crippen LogP) is 4.22. The largest absolute Gasteiger partial charge is 0.464 e. The van der Waals surface area contributed by atoms with E-state index in [2.05, 4.69) is 4.98 Å². The van der Waals surface area contributed by atoms with Gasteiger partial charge in [-0.15, -0.1) is 0 Å². The molecule has 0 bridgehead atoms. The Bertz CT molecular complexity index is 652. The zero-order valence-electron chi connectivity index (χ0n) is 13.2. The Hall–Kier alpha value is -2.10. The number of hydrogen-bond donors (Lipinski definition) is 1. The van der Waals surface area contributed by atoms with Crippen molar-refractivity contribution in [2.24, 2.45) is 0 Å². The first kappa shape index (κ1) is 14.8. The fraction of sp³-hybridized carbons (Fsp3) is 0.444. The van der Waals surface area contributed by atoms with Crippen molar-refractivity contribution in [3.8, 4) is 11.3 Å². The molecule has 1 aliphatic rings. The van der Waals surface area contributed by atoms with Crippen molar-refractivity contribution >= 4 is 5.97 Å². The number of hydrogen-bond acceptors (Lipinski definition) is 3. The monoisotopic (exact) mass is 298 g/mol. The lowest BCUT2D eigenvalue weighted by molar-refractivity contribution is 0.0595. The highest BCUT2D eigenvalue weighted by Crippen LogP contribution is 2.33. The number of aromatic nitrogens is 2. The molecule has 0 saturated heterocycles. The lowest BCUT2D eigenvalue weighted by atomic mass is 9.89. The number of aromatic amines is 1. The lowest BCUT2D eigenvalue weighted by Gasteiger charge is -2.19. The standard InChI is InChI=1S/C18H22N2O2/c1-12-8-10-13(11-9-12)15-16(18(21)22-2)20-17(19-15)14-6-4-3-5-7-14/h8-11,14H,3-7H2,1-2H3,(H,19,20). The Morgan fingerprint density at radius 3 is 2.50 bits per heavy atom. The molecule has 1 aromatic carbocycles. The predicted molar refractivity (Wildman–Crippen MR) is 85.9 cm³/mol. The molecule has 1 N–H and O–H groups in total. The first-order valence-corrected chi connectivity index (χ1v) is 7.94. The van der Waals surface area contributed by atoms with E-state index in [9.17, 15) is 4.79 Å². The Labute approximate surface area is 130 Å². The second kappa shape index (κ2) is 6.34. The van der Waals surface area contributed by atoms with Crippen LogP contribution in [0.4, 0.5) is 0 Å². The highest BCUT2D eigenvalue weighted by Gasteiger charge is 2.24. The fourth-order valence-corrected chi connectivity index (χ4v) is 3.13.